The van der Waals surface area contributed by atoms with Crippen molar-refractivity contribution < 1.29 is 0 Å². The van der Waals surface area contributed by atoms with Gasteiger partial charge in [-0.25, -0.2) is 4.68 Å². The molecule has 0 radical (unpaired) electrons. The van der Waals surface area contributed by atoms with Crippen molar-refractivity contribution in [3.8, 4) is 5.69 Å². The van der Waals surface area contributed by atoms with Crippen molar-refractivity contribution in [1.82, 2.24) is 15.1 Å². The van der Waals surface area contributed by atoms with Crippen LogP contribution in [0.25, 0.3) is 5.69 Å². The third kappa shape index (κ3) is 2.68. The SMILES string of the molecule is CNCCc1cnn(-c2cccc(Cl)c2)c1C. The molecule has 0 saturated heterocycles. The molecule has 1 N–H and O–H groups in total. The summed E-state index contributed by atoms with van der Waals surface area (Å²) in [5.41, 5.74) is 3.44. The van der Waals surface area contributed by atoms with Crippen molar-refractivity contribution in [3.05, 3.63) is 46.7 Å². The fraction of sp³-hybridized carbons (Fsp3) is 0.308. The van der Waals surface area contributed by atoms with Gasteiger partial charge in [-0.1, -0.05) is 17.7 Å². The van der Waals surface area contributed by atoms with E-state index in [0.29, 0.717) is 0 Å². The molecule has 90 valence electrons. The molecule has 3 nitrogen and oxygen atoms in total. The Balaban J connectivity index is 2.30. The molecule has 0 atom stereocenters. The minimum absolute atomic E-state index is 0.731. The number of rotatable bonds is 4. The fourth-order valence-electron chi connectivity index (χ4n) is 1.82. The Labute approximate surface area is 106 Å². The van der Waals surface area contributed by atoms with Gasteiger partial charge >= 0.3 is 0 Å². The minimum atomic E-state index is 0.731. The molecule has 2 aromatic rings. The zero-order valence-electron chi connectivity index (χ0n) is 10.1. The second-order valence-corrected chi connectivity index (χ2v) is 4.44. The number of nitrogens with zero attached hydrogens (tertiary/aromatic N) is 2. The molecule has 0 aliphatic heterocycles. The third-order valence-corrected chi connectivity index (χ3v) is 3.04. The van der Waals surface area contributed by atoms with E-state index in [2.05, 4.69) is 17.3 Å². The second kappa shape index (κ2) is 5.34. The summed E-state index contributed by atoms with van der Waals surface area (Å²) >= 11 is 5.99. The summed E-state index contributed by atoms with van der Waals surface area (Å²) in [4.78, 5) is 0. The summed E-state index contributed by atoms with van der Waals surface area (Å²) in [6, 6.07) is 7.73. The molecule has 0 aliphatic rings. The Morgan fingerprint density at radius 2 is 2.24 bits per heavy atom. The number of aromatic nitrogens is 2. The van der Waals surface area contributed by atoms with E-state index in [9.17, 15) is 0 Å². The summed E-state index contributed by atoms with van der Waals surface area (Å²) in [7, 11) is 1.96. The highest BCUT2D eigenvalue weighted by atomic mass is 35.5. The van der Waals surface area contributed by atoms with E-state index in [1.165, 1.54) is 11.3 Å². The summed E-state index contributed by atoms with van der Waals surface area (Å²) in [6.45, 7) is 3.04. The molecule has 0 saturated carbocycles. The minimum Gasteiger partial charge on any atom is -0.319 e. The predicted molar refractivity (Wildman–Crippen MR) is 70.9 cm³/mol. The van der Waals surface area contributed by atoms with Gasteiger partial charge in [-0.3, -0.25) is 0 Å². The lowest BCUT2D eigenvalue weighted by atomic mass is 10.2. The molecular weight excluding hydrogens is 234 g/mol. The first-order chi connectivity index (χ1) is 8.22. The molecule has 0 unspecified atom stereocenters. The number of halogens is 1. The lowest BCUT2D eigenvalue weighted by molar-refractivity contribution is 0.784. The summed E-state index contributed by atoms with van der Waals surface area (Å²) in [6.07, 6.45) is 2.91. The molecule has 0 aliphatic carbocycles. The van der Waals surface area contributed by atoms with Gasteiger partial charge in [-0.05, 0) is 50.7 Å². The van der Waals surface area contributed by atoms with Gasteiger partial charge in [0.15, 0.2) is 0 Å². The highest BCUT2D eigenvalue weighted by Crippen LogP contribution is 2.17. The van der Waals surface area contributed by atoms with Gasteiger partial charge in [0.25, 0.3) is 0 Å². The number of benzene rings is 1. The average molecular weight is 250 g/mol. The number of nitrogens with one attached hydrogen (secondary N) is 1. The highest BCUT2D eigenvalue weighted by Gasteiger charge is 2.07. The monoisotopic (exact) mass is 249 g/mol. The second-order valence-electron chi connectivity index (χ2n) is 4.00. The molecule has 2 rings (SSSR count). The van der Waals surface area contributed by atoms with E-state index >= 15 is 0 Å². The van der Waals surface area contributed by atoms with Crippen LogP contribution >= 0.6 is 11.6 Å². The van der Waals surface area contributed by atoms with Gasteiger partial charge in [-0.15, -0.1) is 0 Å². The first-order valence-electron chi connectivity index (χ1n) is 5.66. The van der Waals surface area contributed by atoms with Crippen LogP contribution in [0.15, 0.2) is 30.5 Å². The molecule has 4 heteroatoms. The van der Waals surface area contributed by atoms with Gasteiger partial charge in [0.2, 0.25) is 0 Å². The van der Waals surface area contributed by atoms with Gasteiger partial charge in [0, 0.05) is 10.7 Å². The first-order valence-corrected chi connectivity index (χ1v) is 6.04. The molecule has 1 aromatic carbocycles. The topological polar surface area (TPSA) is 29.9 Å². The van der Waals surface area contributed by atoms with E-state index in [1.54, 1.807) is 0 Å². The third-order valence-electron chi connectivity index (χ3n) is 2.81. The lowest BCUT2D eigenvalue weighted by Gasteiger charge is -2.06. The van der Waals surface area contributed by atoms with Crippen LogP contribution in [-0.4, -0.2) is 23.4 Å². The fourth-order valence-corrected chi connectivity index (χ4v) is 2.00. The lowest BCUT2D eigenvalue weighted by Crippen LogP contribution is -2.10. The van der Waals surface area contributed by atoms with Crippen LogP contribution in [0.5, 0.6) is 0 Å². The van der Waals surface area contributed by atoms with E-state index < -0.39 is 0 Å². The normalized spacial score (nSPS) is 10.8. The van der Waals surface area contributed by atoms with Crippen LogP contribution in [0.4, 0.5) is 0 Å². The van der Waals surface area contributed by atoms with Crippen molar-refractivity contribution in [2.24, 2.45) is 0 Å². The van der Waals surface area contributed by atoms with E-state index in [1.807, 2.05) is 42.2 Å². The van der Waals surface area contributed by atoms with Crippen LogP contribution in [0.1, 0.15) is 11.3 Å². The maximum atomic E-state index is 5.99. The van der Waals surface area contributed by atoms with Gasteiger partial charge in [-0.2, -0.15) is 5.10 Å². The maximum Gasteiger partial charge on any atom is 0.0663 e. The van der Waals surface area contributed by atoms with Crippen LogP contribution in [0.2, 0.25) is 5.02 Å². The molecule has 1 heterocycles. The molecule has 0 amide bonds. The smallest absolute Gasteiger partial charge is 0.0663 e. The first kappa shape index (κ1) is 12.1. The maximum absolute atomic E-state index is 5.99. The van der Waals surface area contributed by atoms with Crippen molar-refractivity contribution in [1.29, 1.82) is 0 Å². The number of hydrogen-bond acceptors (Lipinski definition) is 2. The zero-order valence-corrected chi connectivity index (χ0v) is 10.8. The number of hydrogen-bond donors (Lipinski definition) is 1. The summed E-state index contributed by atoms with van der Waals surface area (Å²) in [5, 5.41) is 8.28. The van der Waals surface area contributed by atoms with Crippen LogP contribution in [-0.2, 0) is 6.42 Å². The summed E-state index contributed by atoms with van der Waals surface area (Å²) in [5.74, 6) is 0. The Kier molecular flexibility index (Phi) is 3.82. The Bertz CT molecular complexity index is 505. The van der Waals surface area contributed by atoms with Crippen molar-refractivity contribution in [2.45, 2.75) is 13.3 Å². The van der Waals surface area contributed by atoms with E-state index in [0.717, 1.165) is 23.7 Å². The standard InChI is InChI=1S/C13H16ClN3/c1-10-11(6-7-15-2)9-16-17(10)13-5-3-4-12(14)8-13/h3-5,8-9,15H,6-7H2,1-2H3. The molecule has 17 heavy (non-hydrogen) atoms. The van der Waals surface area contributed by atoms with Crippen LogP contribution in [0, 0.1) is 6.92 Å². The van der Waals surface area contributed by atoms with Gasteiger partial charge in [0.1, 0.15) is 0 Å². The zero-order chi connectivity index (χ0) is 12.3. The van der Waals surface area contributed by atoms with E-state index in [-0.39, 0.29) is 0 Å². The number of likely N-dealkylation sites (N-methyl/N-ethyl adjacent to an activating group) is 1. The molecule has 0 fully saturated rings. The molecule has 0 spiro atoms. The Morgan fingerprint density at radius 1 is 1.41 bits per heavy atom. The van der Waals surface area contributed by atoms with Crippen molar-refractivity contribution in [2.75, 3.05) is 13.6 Å². The average Bonchev–Trinajstić information content (AvgIpc) is 2.68. The quantitative estimate of drug-likeness (QED) is 0.903. The van der Waals surface area contributed by atoms with Crippen molar-refractivity contribution >= 4 is 11.6 Å². The predicted octanol–water partition coefficient (Wildman–Crippen LogP) is 2.60. The molecular formula is C13H16ClN3. The Morgan fingerprint density at radius 3 is 2.94 bits per heavy atom. The summed E-state index contributed by atoms with van der Waals surface area (Å²) < 4.78 is 1.93. The van der Waals surface area contributed by atoms with Crippen LogP contribution in [0.3, 0.4) is 0 Å². The Hall–Kier alpha value is -1.32. The van der Waals surface area contributed by atoms with Crippen LogP contribution < -0.4 is 5.32 Å². The largest absolute Gasteiger partial charge is 0.319 e. The van der Waals surface area contributed by atoms with Gasteiger partial charge < -0.3 is 5.32 Å². The molecule has 0 bridgehead atoms. The van der Waals surface area contributed by atoms with E-state index in [4.69, 9.17) is 11.6 Å². The highest BCUT2D eigenvalue weighted by molar-refractivity contribution is 6.30. The molecule has 1 aromatic heterocycles. The van der Waals surface area contributed by atoms with Crippen molar-refractivity contribution in [3.63, 3.8) is 0 Å². The van der Waals surface area contributed by atoms with Gasteiger partial charge in [0.05, 0.1) is 11.9 Å².